The first-order valence-electron chi connectivity index (χ1n) is 8.65. The highest BCUT2D eigenvalue weighted by atomic mass is 32.2. The summed E-state index contributed by atoms with van der Waals surface area (Å²) >= 11 is 0. The molecule has 1 fully saturated rings. The van der Waals surface area contributed by atoms with Gasteiger partial charge in [-0.3, -0.25) is 4.79 Å². The van der Waals surface area contributed by atoms with Crippen LogP contribution in [0.2, 0.25) is 0 Å². The minimum absolute atomic E-state index is 0.00263. The van der Waals surface area contributed by atoms with Crippen molar-refractivity contribution < 1.29 is 26.9 Å². The van der Waals surface area contributed by atoms with Crippen molar-refractivity contribution in [3.05, 3.63) is 35.9 Å². The molecular formula is C17H20FN3O5S. The average Bonchev–Trinajstić information content (AvgIpc) is 3.30. The molecule has 0 radical (unpaired) electrons. The van der Waals surface area contributed by atoms with E-state index in [0.717, 1.165) is 0 Å². The number of rotatable bonds is 7. The largest absolute Gasteiger partial charge is 0.456 e. The summed E-state index contributed by atoms with van der Waals surface area (Å²) in [6, 6.07) is 4.71. The number of hydrogen-bond acceptors (Lipinski definition) is 7. The molecule has 1 atom stereocenters. The van der Waals surface area contributed by atoms with Gasteiger partial charge in [0.15, 0.2) is 6.61 Å². The van der Waals surface area contributed by atoms with Crippen molar-refractivity contribution in [2.24, 2.45) is 0 Å². The summed E-state index contributed by atoms with van der Waals surface area (Å²) in [5, 5.41) is 3.72. The van der Waals surface area contributed by atoms with Gasteiger partial charge in [0, 0.05) is 12.1 Å². The fourth-order valence-electron chi connectivity index (χ4n) is 2.94. The molecule has 1 unspecified atom stereocenters. The van der Waals surface area contributed by atoms with Crippen LogP contribution in [0.4, 0.5) is 4.39 Å². The summed E-state index contributed by atoms with van der Waals surface area (Å²) < 4.78 is 49.0. The maximum Gasteiger partial charge on any atom is 0.324 e. The van der Waals surface area contributed by atoms with E-state index in [1.807, 2.05) is 0 Å². The molecule has 1 aliphatic heterocycles. The molecule has 0 spiro atoms. The molecule has 2 aromatic rings. The molecule has 1 aromatic heterocycles. The van der Waals surface area contributed by atoms with E-state index in [4.69, 9.17) is 9.26 Å². The summed E-state index contributed by atoms with van der Waals surface area (Å²) in [7, 11) is -3.47. The van der Waals surface area contributed by atoms with Crippen LogP contribution in [-0.2, 0) is 26.2 Å². The summed E-state index contributed by atoms with van der Waals surface area (Å²) in [5.74, 6) is -0.688. The monoisotopic (exact) mass is 397 g/mol. The van der Waals surface area contributed by atoms with Crippen LogP contribution in [-0.4, -0.2) is 47.2 Å². The first kappa shape index (κ1) is 19.4. The second-order valence-corrected chi connectivity index (χ2v) is 8.26. The molecule has 10 heteroatoms. The van der Waals surface area contributed by atoms with Crippen molar-refractivity contribution in [1.29, 1.82) is 0 Å². The first-order valence-corrected chi connectivity index (χ1v) is 10.3. The van der Waals surface area contributed by atoms with Gasteiger partial charge in [0.05, 0.1) is 5.75 Å². The van der Waals surface area contributed by atoms with E-state index in [9.17, 15) is 17.6 Å². The number of benzene rings is 1. The molecule has 8 nitrogen and oxygen atoms in total. The number of esters is 1. The maximum absolute atomic E-state index is 13.0. The van der Waals surface area contributed by atoms with E-state index in [0.29, 0.717) is 31.4 Å². The molecule has 0 amide bonds. The van der Waals surface area contributed by atoms with Gasteiger partial charge in [0.2, 0.25) is 15.8 Å². The van der Waals surface area contributed by atoms with Gasteiger partial charge in [-0.2, -0.15) is 9.29 Å². The standard InChI is InChI=1S/C17H20FN3O5S/c1-2-10-27(23,24)21-9-3-4-14(21)17(22)25-11-15-19-16(26-20-15)12-5-7-13(18)8-6-12/h5-8,14H,2-4,9-11H2,1H3. The van der Waals surface area contributed by atoms with E-state index < -0.39 is 22.0 Å². The lowest BCUT2D eigenvalue weighted by molar-refractivity contribution is -0.149. The molecule has 1 saturated heterocycles. The van der Waals surface area contributed by atoms with Crippen LogP contribution in [0.1, 0.15) is 32.0 Å². The molecule has 0 aliphatic carbocycles. The van der Waals surface area contributed by atoms with Gasteiger partial charge in [-0.15, -0.1) is 0 Å². The molecule has 3 rings (SSSR count). The van der Waals surface area contributed by atoms with Gasteiger partial charge in [-0.25, -0.2) is 12.8 Å². The smallest absolute Gasteiger partial charge is 0.324 e. The summed E-state index contributed by atoms with van der Waals surface area (Å²) in [6.45, 7) is 1.86. The Balaban J connectivity index is 1.61. The number of carbonyl (C=O) groups is 1. The Bertz CT molecular complexity index is 898. The molecule has 0 N–H and O–H groups in total. The Hall–Kier alpha value is -2.33. The molecule has 0 saturated carbocycles. The highest BCUT2D eigenvalue weighted by Crippen LogP contribution is 2.23. The van der Waals surface area contributed by atoms with E-state index in [1.165, 1.54) is 28.6 Å². The fraction of sp³-hybridized carbons (Fsp3) is 0.471. The lowest BCUT2D eigenvalue weighted by Gasteiger charge is -2.22. The quantitative estimate of drug-likeness (QED) is 0.659. The van der Waals surface area contributed by atoms with Crippen LogP contribution in [0, 0.1) is 5.82 Å². The number of aromatic nitrogens is 2. The Morgan fingerprint density at radius 1 is 1.37 bits per heavy atom. The van der Waals surface area contributed by atoms with Crippen molar-refractivity contribution in [2.45, 2.75) is 38.8 Å². The van der Waals surface area contributed by atoms with Crippen molar-refractivity contribution in [1.82, 2.24) is 14.4 Å². The highest BCUT2D eigenvalue weighted by molar-refractivity contribution is 7.89. The number of sulfonamides is 1. The second-order valence-electron chi connectivity index (χ2n) is 6.22. The van der Waals surface area contributed by atoms with Crippen LogP contribution in [0.15, 0.2) is 28.8 Å². The third-order valence-corrected chi connectivity index (χ3v) is 6.27. The second kappa shape index (κ2) is 8.13. The molecule has 1 aromatic carbocycles. The highest BCUT2D eigenvalue weighted by Gasteiger charge is 2.39. The number of halogens is 1. The molecule has 2 heterocycles. The van der Waals surface area contributed by atoms with E-state index >= 15 is 0 Å². The van der Waals surface area contributed by atoms with E-state index in [2.05, 4.69) is 10.1 Å². The zero-order chi connectivity index (χ0) is 19.4. The summed E-state index contributed by atoms with van der Waals surface area (Å²) in [5.41, 5.74) is 0.536. The van der Waals surface area contributed by atoms with E-state index in [1.54, 1.807) is 6.92 Å². The number of carbonyl (C=O) groups excluding carboxylic acids is 1. The minimum atomic E-state index is -3.47. The van der Waals surface area contributed by atoms with Gasteiger partial charge < -0.3 is 9.26 Å². The van der Waals surface area contributed by atoms with Crippen LogP contribution < -0.4 is 0 Å². The van der Waals surface area contributed by atoms with Gasteiger partial charge in [0.1, 0.15) is 11.9 Å². The Morgan fingerprint density at radius 2 is 2.11 bits per heavy atom. The Kier molecular flexibility index (Phi) is 5.85. The van der Waals surface area contributed by atoms with Crippen LogP contribution in [0.5, 0.6) is 0 Å². The zero-order valence-corrected chi connectivity index (χ0v) is 15.6. The minimum Gasteiger partial charge on any atom is -0.456 e. The molecule has 146 valence electrons. The molecular weight excluding hydrogens is 377 g/mol. The van der Waals surface area contributed by atoms with E-state index in [-0.39, 0.29) is 29.9 Å². The predicted molar refractivity (Wildman–Crippen MR) is 93.3 cm³/mol. The first-order chi connectivity index (χ1) is 12.9. The van der Waals surface area contributed by atoms with Crippen LogP contribution >= 0.6 is 0 Å². The van der Waals surface area contributed by atoms with Crippen molar-refractivity contribution in [3.8, 4) is 11.5 Å². The summed E-state index contributed by atoms with van der Waals surface area (Å²) in [6.07, 6.45) is 1.52. The maximum atomic E-state index is 13.0. The number of nitrogens with zero attached hydrogens (tertiary/aromatic N) is 3. The Labute approximate surface area is 156 Å². The van der Waals surface area contributed by atoms with Gasteiger partial charge in [0.25, 0.3) is 5.89 Å². The van der Waals surface area contributed by atoms with Gasteiger partial charge >= 0.3 is 5.97 Å². The van der Waals surface area contributed by atoms with Crippen molar-refractivity contribution in [2.75, 3.05) is 12.3 Å². The third kappa shape index (κ3) is 4.51. The normalized spacial score (nSPS) is 17.9. The Morgan fingerprint density at radius 3 is 2.81 bits per heavy atom. The lowest BCUT2D eigenvalue weighted by Crippen LogP contribution is -2.42. The average molecular weight is 397 g/mol. The van der Waals surface area contributed by atoms with Gasteiger partial charge in [-0.05, 0) is 43.5 Å². The SMILES string of the molecule is CCCS(=O)(=O)N1CCCC1C(=O)OCc1noc(-c2ccc(F)cc2)n1. The van der Waals surface area contributed by atoms with Gasteiger partial charge in [-0.1, -0.05) is 12.1 Å². The predicted octanol–water partition coefficient (Wildman–Crippen LogP) is 2.12. The topological polar surface area (TPSA) is 103 Å². The number of hydrogen-bond donors (Lipinski definition) is 0. The molecule has 0 bridgehead atoms. The van der Waals surface area contributed by atoms with Crippen molar-refractivity contribution >= 4 is 16.0 Å². The van der Waals surface area contributed by atoms with Crippen LogP contribution in [0.3, 0.4) is 0 Å². The summed E-state index contributed by atoms with van der Waals surface area (Å²) in [4.78, 5) is 16.4. The molecule has 1 aliphatic rings. The zero-order valence-electron chi connectivity index (χ0n) is 14.8. The number of ether oxygens (including phenoxy) is 1. The lowest BCUT2D eigenvalue weighted by atomic mass is 10.2. The molecule has 27 heavy (non-hydrogen) atoms. The third-order valence-electron chi connectivity index (χ3n) is 4.20. The van der Waals surface area contributed by atoms with Crippen LogP contribution in [0.25, 0.3) is 11.5 Å². The van der Waals surface area contributed by atoms with Crippen molar-refractivity contribution in [3.63, 3.8) is 0 Å². The fourth-order valence-corrected chi connectivity index (χ4v) is 4.67.